The summed E-state index contributed by atoms with van der Waals surface area (Å²) in [7, 11) is -3.62. The zero-order chi connectivity index (χ0) is 20.9. The van der Waals surface area contributed by atoms with Gasteiger partial charge in [0.1, 0.15) is 6.54 Å². The molecule has 0 atom stereocenters. The van der Waals surface area contributed by atoms with E-state index in [0.29, 0.717) is 25.3 Å². The molecule has 1 N–H and O–H groups in total. The molecule has 1 fully saturated rings. The van der Waals surface area contributed by atoms with Gasteiger partial charge < -0.3 is 10.2 Å². The summed E-state index contributed by atoms with van der Waals surface area (Å²) in [5.74, 6) is -0.170. The van der Waals surface area contributed by atoms with Gasteiger partial charge in [-0.3, -0.25) is 9.59 Å². The third-order valence-corrected chi connectivity index (χ3v) is 8.17. The zero-order valence-electron chi connectivity index (χ0n) is 16.9. The van der Waals surface area contributed by atoms with Gasteiger partial charge >= 0.3 is 0 Å². The maximum atomic E-state index is 13.1. The summed E-state index contributed by atoms with van der Waals surface area (Å²) < 4.78 is 27.8. The highest BCUT2D eigenvalue weighted by molar-refractivity contribution is 8.00. The second-order valence-corrected chi connectivity index (χ2v) is 10.4. The molecule has 29 heavy (non-hydrogen) atoms. The highest BCUT2D eigenvalue weighted by atomic mass is 32.2. The second-order valence-electron chi connectivity index (χ2n) is 7.42. The number of amides is 2. The third-order valence-electron chi connectivity index (χ3n) is 5.23. The topological polar surface area (TPSA) is 86.8 Å². The molecule has 2 amide bonds. The number of thioether (sulfide) groups is 1. The molecule has 2 heterocycles. The molecule has 0 unspecified atom stereocenters. The summed E-state index contributed by atoms with van der Waals surface area (Å²) in [6.45, 7) is 3.57. The summed E-state index contributed by atoms with van der Waals surface area (Å²) in [5, 5.41) is 2.82. The predicted octanol–water partition coefficient (Wildman–Crippen LogP) is 2.61. The summed E-state index contributed by atoms with van der Waals surface area (Å²) in [6.07, 6.45) is 5.67. The van der Waals surface area contributed by atoms with Gasteiger partial charge in [-0.1, -0.05) is 26.2 Å². The maximum absolute atomic E-state index is 13.1. The number of unbranched alkanes of at least 4 members (excludes halogenated alkanes) is 1. The number of nitrogens with zero attached hydrogens (tertiary/aromatic N) is 2. The molecule has 1 aromatic carbocycles. The van der Waals surface area contributed by atoms with Crippen LogP contribution in [0.4, 0.5) is 5.69 Å². The summed E-state index contributed by atoms with van der Waals surface area (Å²) in [5.41, 5.74) is 0.507. The Morgan fingerprint density at radius 1 is 1.17 bits per heavy atom. The van der Waals surface area contributed by atoms with Crippen molar-refractivity contribution in [2.24, 2.45) is 0 Å². The lowest BCUT2D eigenvalue weighted by Gasteiger charge is -2.29. The van der Waals surface area contributed by atoms with Crippen molar-refractivity contribution in [1.82, 2.24) is 9.62 Å². The van der Waals surface area contributed by atoms with Crippen LogP contribution in [-0.4, -0.2) is 56.5 Å². The quantitative estimate of drug-likeness (QED) is 0.660. The van der Waals surface area contributed by atoms with Crippen molar-refractivity contribution in [3.05, 3.63) is 18.2 Å². The van der Waals surface area contributed by atoms with Crippen LogP contribution in [0.15, 0.2) is 28.0 Å². The van der Waals surface area contributed by atoms with Crippen LogP contribution in [0.5, 0.6) is 0 Å². The molecule has 0 radical (unpaired) electrons. The average Bonchev–Trinajstić information content (AvgIpc) is 3.00. The minimum absolute atomic E-state index is 0.0939. The van der Waals surface area contributed by atoms with Gasteiger partial charge in [0.05, 0.1) is 16.3 Å². The molecule has 1 saturated heterocycles. The summed E-state index contributed by atoms with van der Waals surface area (Å²) >= 11 is 1.38. The summed E-state index contributed by atoms with van der Waals surface area (Å²) in [6, 6.07) is 4.92. The van der Waals surface area contributed by atoms with E-state index >= 15 is 0 Å². The smallest absolute Gasteiger partial charge is 0.243 e. The number of rotatable bonds is 7. The van der Waals surface area contributed by atoms with Gasteiger partial charge in [-0.05, 0) is 37.5 Å². The first-order valence-electron chi connectivity index (χ1n) is 10.3. The molecular formula is C20H29N3O4S2. The van der Waals surface area contributed by atoms with Crippen LogP contribution in [0, 0.1) is 0 Å². The van der Waals surface area contributed by atoms with Gasteiger partial charge in [-0.25, -0.2) is 8.42 Å². The third kappa shape index (κ3) is 5.32. The molecule has 0 saturated carbocycles. The van der Waals surface area contributed by atoms with Crippen molar-refractivity contribution in [1.29, 1.82) is 0 Å². The second kappa shape index (κ2) is 9.95. The van der Waals surface area contributed by atoms with Crippen molar-refractivity contribution >= 4 is 39.3 Å². The van der Waals surface area contributed by atoms with E-state index in [1.54, 1.807) is 22.5 Å². The molecule has 0 bridgehead atoms. The van der Waals surface area contributed by atoms with Crippen LogP contribution in [0.1, 0.15) is 45.4 Å². The Kier molecular flexibility index (Phi) is 7.59. The van der Waals surface area contributed by atoms with Crippen LogP contribution in [-0.2, 0) is 19.6 Å². The molecule has 0 aromatic heterocycles. The first-order valence-corrected chi connectivity index (χ1v) is 12.7. The highest BCUT2D eigenvalue weighted by Crippen LogP contribution is 2.37. The van der Waals surface area contributed by atoms with E-state index in [1.165, 1.54) is 16.7 Å². The monoisotopic (exact) mass is 439 g/mol. The molecule has 1 aromatic rings. The largest absolute Gasteiger partial charge is 0.355 e. The Labute approximate surface area is 177 Å². The van der Waals surface area contributed by atoms with Gasteiger partial charge in [0.2, 0.25) is 21.8 Å². The van der Waals surface area contributed by atoms with E-state index in [2.05, 4.69) is 5.32 Å². The van der Waals surface area contributed by atoms with Gasteiger partial charge in [0.25, 0.3) is 0 Å². The number of anilines is 1. The average molecular weight is 440 g/mol. The number of nitrogens with one attached hydrogen (secondary N) is 1. The van der Waals surface area contributed by atoms with Gasteiger partial charge in [-0.2, -0.15) is 4.31 Å². The molecule has 2 aliphatic heterocycles. The predicted molar refractivity (Wildman–Crippen MR) is 115 cm³/mol. The minimum atomic E-state index is -3.62. The van der Waals surface area contributed by atoms with Gasteiger partial charge in [0.15, 0.2) is 0 Å². The van der Waals surface area contributed by atoms with E-state index in [4.69, 9.17) is 0 Å². The van der Waals surface area contributed by atoms with E-state index in [9.17, 15) is 18.0 Å². The number of sulfonamides is 1. The van der Waals surface area contributed by atoms with Crippen LogP contribution < -0.4 is 10.2 Å². The molecule has 3 rings (SSSR count). The molecule has 0 spiro atoms. The van der Waals surface area contributed by atoms with Crippen molar-refractivity contribution in [3.8, 4) is 0 Å². The van der Waals surface area contributed by atoms with Crippen molar-refractivity contribution in [2.45, 2.75) is 55.2 Å². The number of benzene rings is 1. The molecule has 7 nitrogen and oxygen atoms in total. The van der Waals surface area contributed by atoms with E-state index in [1.807, 2.05) is 6.92 Å². The van der Waals surface area contributed by atoms with Crippen molar-refractivity contribution < 1.29 is 18.0 Å². The maximum Gasteiger partial charge on any atom is 0.243 e. The zero-order valence-corrected chi connectivity index (χ0v) is 18.5. The van der Waals surface area contributed by atoms with Gasteiger partial charge in [-0.15, -0.1) is 11.8 Å². The Morgan fingerprint density at radius 2 is 1.90 bits per heavy atom. The van der Waals surface area contributed by atoms with Crippen molar-refractivity contribution in [3.63, 3.8) is 0 Å². The van der Waals surface area contributed by atoms with Crippen LogP contribution in [0.25, 0.3) is 0 Å². The number of carbonyl (C=O) groups excluding carboxylic acids is 2. The van der Waals surface area contributed by atoms with E-state index in [0.717, 1.165) is 43.4 Å². The Hall–Kier alpha value is -1.58. The molecule has 0 aliphatic carbocycles. The first-order chi connectivity index (χ1) is 13.9. The highest BCUT2D eigenvalue weighted by Gasteiger charge is 2.30. The molecule has 160 valence electrons. The lowest BCUT2D eigenvalue weighted by molar-refractivity contribution is -0.123. The minimum Gasteiger partial charge on any atom is -0.355 e. The molecular weight excluding hydrogens is 410 g/mol. The van der Waals surface area contributed by atoms with Crippen LogP contribution in [0.2, 0.25) is 0 Å². The molecule has 9 heteroatoms. The first kappa shape index (κ1) is 22.1. The fraction of sp³-hybridized carbons (Fsp3) is 0.600. The fourth-order valence-electron chi connectivity index (χ4n) is 3.55. The normalized spacial score (nSPS) is 18.2. The number of hydrogen-bond donors (Lipinski definition) is 1. The van der Waals surface area contributed by atoms with Crippen LogP contribution in [0.3, 0.4) is 0 Å². The van der Waals surface area contributed by atoms with Crippen LogP contribution >= 0.6 is 11.8 Å². The van der Waals surface area contributed by atoms with Gasteiger partial charge in [0, 0.05) is 24.5 Å². The lowest BCUT2D eigenvalue weighted by Crippen LogP contribution is -2.43. The van der Waals surface area contributed by atoms with E-state index < -0.39 is 10.0 Å². The van der Waals surface area contributed by atoms with E-state index in [-0.39, 0.29) is 29.0 Å². The Balaban J connectivity index is 1.84. The van der Waals surface area contributed by atoms with Crippen molar-refractivity contribution in [2.75, 3.05) is 36.8 Å². The number of hydrogen-bond acceptors (Lipinski definition) is 5. The molecule has 2 aliphatic rings. The standard InChI is InChI=1S/C20H29N3O4S2/c1-2-3-10-21-19(24)14-23-17-13-16(8-9-18(17)28-15-20(23)25)29(26,27)22-11-6-4-5-7-12-22/h8-9,13H,2-7,10-12,14-15H2,1H3,(H,21,24). The SMILES string of the molecule is CCCCNC(=O)CN1C(=O)CSc2ccc(S(=O)(=O)N3CCCCCC3)cc21. The summed E-state index contributed by atoms with van der Waals surface area (Å²) in [4.78, 5) is 27.2. The fourth-order valence-corrected chi connectivity index (χ4v) is 6.00. The number of fused-ring (bicyclic) bond motifs is 1. The Bertz CT molecular complexity index is 849. The Morgan fingerprint density at radius 3 is 2.59 bits per heavy atom. The lowest BCUT2D eigenvalue weighted by atomic mass is 10.2. The number of carbonyl (C=O) groups is 2.